The first-order valence-corrected chi connectivity index (χ1v) is 11.5. The van der Waals surface area contributed by atoms with Crippen LogP contribution in [0, 0.1) is 6.92 Å². The molecule has 0 bridgehead atoms. The Kier molecular flexibility index (Phi) is 6.56. The minimum Gasteiger partial charge on any atom is -0.460 e. The first-order valence-electron chi connectivity index (χ1n) is 11.5. The number of para-hydroxylation sites is 1. The predicted octanol–water partition coefficient (Wildman–Crippen LogP) is 4.07. The van der Waals surface area contributed by atoms with Crippen molar-refractivity contribution in [2.75, 3.05) is 26.2 Å². The monoisotopic (exact) mass is 456 g/mol. The zero-order valence-corrected chi connectivity index (χ0v) is 19.2. The van der Waals surface area contributed by atoms with Gasteiger partial charge in [0.25, 0.3) is 5.91 Å². The van der Waals surface area contributed by atoms with E-state index in [0.717, 1.165) is 31.1 Å². The average Bonchev–Trinajstić information content (AvgIpc) is 3.51. The lowest BCUT2D eigenvalue weighted by Gasteiger charge is -2.33. The Bertz CT molecular complexity index is 1230. The zero-order chi connectivity index (χ0) is 23.3. The minimum atomic E-state index is -0.199. The maximum atomic E-state index is 13.2. The van der Waals surface area contributed by atoms with Crippen molar-refractivity contribution in [3.63, 3.8) is 0 Å². The third kappa shape index (κ3) is 5.11. The summed E-state index contributed by atoms with van der Waals surface area (Å²) >= 11 is 0. The predicted molar refractivity (Wildman–Crippen MR) is 130 cm³/mol. The van der Waals surface area contributed by atoms with Gasteiger partial charge in [0, 0.05) is 32.4 Å². The number of nitrogens with one attached hydrogen (secondary N) is 1. The van der Waals surface area contributed by atoms with E-state index in [1.54, 1.807) is 10.9 Å². The Balaban J connectivity index is 1.29. The Morgan fingerprint density at radius 1 is 1.06 bits per heavy atom. The lowest BCUT2D eigenvalue weighted by atomic mass is 10.1. The fourth-order valence-corrected chi connectivity index (χ4v) is 4.19. The van der Waals surface area contributed by atoms with Gasteiger partial charge in [0.15, 0.2) is 5.76 Å². The van der Waals surface area contributed by atoms with Crippen molar-refractivity contribution in [3.05, 3.63) is 95.9 Å². The summed E-state index contributed by atoms with van der Waals surface area (Å²) in [4.78, 5) is 15.6. The Hall–Kier alpha value is -3.68. The Morgan fingerprint density at radius 3 is 2.56 bits per heavy atom. The van der Waals surface area contributed by atoms with E-state index < -0.39 is 0 Å². The van der Waals surface area contributed by atoms with Gasteiger partial charge in [-0.1, -0.05) is 48.5 Å². The molecule has 0 spiro atoms. The highest BCUT2D eigenvalue weighted by molar-refractivity contribution is 5.99. The Morgan fingerprint density at radius 2 is 1.82 bits per heavy atom. The Labute approximate surface area is 199 Å². The van der Waals surface area contributed by atoms with Crippen molar-refractivity contribution < 1.29 is 13.9 Å². The molecule has 1 atom stereocenters. The van der Waals surface area contributed by atoms with Crippen molar-refractivity contribution in [3.8, 4) is 17.1 Å². The average molecular weight is 457 g/mol. The molecule has 1 aliphatic rings. The van der Waals surface area contributed by atoms with Crippen LogP contribution in [0.15, 0.2) is 83.4 Å². The molecular weight excluding hydrogens is 428 g/mol. The van der Waals surface area contributed by atoms with E-state index in [4.69, 9.17) is 9.15 Å². The van der Waals surface area contributed by atoms with E-state index in [0.29, 0.717) is 30.2 Å². The van der Waals surface area contributed by atoms with Crippen LogP contribution in [0.3, 0.4) is 0 Å². The number of furan rings is 1. The number of aryl methyl sites for hydroxylation is 1. The van der Waals surface area contributed by atoms with Gasteiger partial charge in [-0.25, -0.2) is 4.68 Å². The highest BCUT2D eigenvalue weighted by Crippen LogP contribution is 2.26. The second-order valence-corrected chi connectivity index (χ2v) is 8.51. The third-order valence-corrected chi connectivity index (χ3v) is 5.92. The van der Waals surface area contributed by atoms with E-state index in [2.05, 4.69) is 39.6 Å². The van der Waals surface area contributed by atoms with Crippen molar-refractivity contribution in [1.82, 2.24) is 20.0 Å². The molecule has 0 radical (unpaired) electrons. The second-order valence-electron chi connectivity index (χ2n) is 8.51. The molecule has 1 fully saturated rings. The van der Waals surface area contributed by atoms with Crippen molar-refractivity contribution in [1.29, 1.82) is 0 Å². The number of ether oxygens (including phenoxy) is 1. The SMILES string of the molecule is Cc1ccc(-c2nn(-c3ccccc3)cc2C(=O)NCC2CN(Cc3ccccc3)CCO2)o1. The number of amides is 1. The lowest BCUT2D eigenvalue weighted by molar-refractivity contribution is -0.0292. The first-order chi connectivity index (χ1) is 16.7. The van der Waals surface area contributed by atoms with E-state index >= 15 is 0 Å². The zero-order valence-electron chi connectivity index (χ0n) is 19.2. The smallest absolute Gasteiger partial charge is 0.255 e. The van der Waals surface area contributed by atoms with Crippen LogP contribution in [0.25, 0.3) is 17.1 Å². The fourth-order valence-electron chi connectivity index (χ4n) is 4.19. The molecule has 7 heteroatoms. The summed E-state index contributed by atoms with van der Waals surface area (Å²) in [5.74, 6) is 1.14. The van der Waals surface area contributed by atoms with Crippen LogP contribution in [0.1, 0.15) is 21.7 Å². The quantitative estimate of drug-likeness (QED) is 0.454. The van der Waals surface area contributed by atoms with E-state index in [9.17, 15) is 4.79 Å². The van der Waals surface area contributed by atoms with Gasteiger partial charge in [0.2, 0.25) is 0 Å². The van der Waals surface area contributed by atoms with E-state index in [1.165, 1.54) is 5.56 Å². The number of aromatic nitrogens is 2. The molecule has 1 unspecified atom stereocenters. The topological polar surface area (TPSA) is 72.5 Å². The van der Waals surface area contributed by atoms with Gasteiger partial charge in [0.05, 0.1) is 24.0 Å². The fraction of sp³-hybridized carbons (Fsp3) is 0.259. The summed E-state index contributed by atoms with van der Waals surface area (Å²) < 4.78 is 13.4. The van der Waals surface area contributed by atoms with Crippen LogP contribution in [0.2, 0.25) is 0 Å². The molecule has 1 N–H and O–H groups in total. The molecule has 34 heavy (non-hydrogen) atoms. The molecule has 1 amide bonds. The maximum Gasteiger partial charge on any atom is 0.255 e. The molecule has 1 aliphatic heterocycles. The number of benzene rings is 2. The summed E-state index contributed by atoms with van der Waals surface area (Å²) in [5.41, 5.74) is 3.14. The molecule has 2 aromatic carbocycles. The summed E-state index contributed by atoms with van der Waals surface area (Å²) in [5, 5.41) is 7.71. The summed E-state index contributed by atoms with van der Waals surface area (Å²) in [6.45, 7) is 5.47. The van der Waals surface area contributed by atoms with Gasteiger partial charge in [0.1, 0.15) is 11.5 Å². The van der Waals surface area contributed by atoms with Crippen LogP contribution < -0.4 is 5.32 Å². The number of nitrogens with zero attached hydrogens (tertiary/aromatic N) is 3. The van der Waals surface area contributed by atoms with Crippen molar-refractivity contribution in [2.45, 2.75) is 19.6 Å². The molecule has 3 heterocycles. The number of rotatable bonds is 7. The van der Waals surface area contributed by atoms with Crippen molar-refractivity contribution >= 4 is 5.91 Å². The van der Waals surface area contributed by atoms with Crippen LogP contribution in [-0.2, 0) is 11.3 Å². The first kappa shape index (κ1) is 22.1. The summed E-state index contributed by atoms with van der Waals surface area (Å²) in [6, 6.07) is 23.8. The van der Waals surface area contributed by atoms with Gasteiger partial charge in [-0.05, 0) is 36.8 Å². The normalized spacial score (nSPS) is 16.4. The highest BCUT2D eigenvalue weighted by atomic mass is 16.5. The minimum absolute atomic E-state index is 0.0695. The number of carbonyl (C=O) groups is 1. The van der Waals surface area contributed by atoms with E-state index in [1.807, 2.05) is 55.5 Å². The number of hydrogen-bond donors (Lipinski definition) is 1. The number of hydrogen-bond acceptors (Lipinski definition) is 5. The van der Waals surface area contributed by atoms with Crippen molar-refractivity contribution in [2.24, 2.45) is 0 Å². The van der Waals surface area contributed by atoms with Gasteiger partial charge in [-0.15, -0.1) is 0 Å². The molecule has 7 nitrogen and oxygen atoms in total. The standard InChI is InChI=1S/C27H28N4O3/c1-20-12-13-25(34-20)26-24(19-31(29-26)22-10-6-3-7-11-22)27(32)28-16-23-18-30(14-15-33-23)17-21-8-4-2-5-9-21/h2-13,19,23H,14-18H2,1H3,(H,28,32). The van der Waals surface area contributed by atoms with Gasteiger partial charge in [-0.2, -0.15) is 5.10 Å². The number of carbonyl (C=O) groups excluding carboxylic acids is 1. The van der Waals surface area contributed by atoms with Crippen LogP contribution in [-0.4, -0.2) is 52.9 Å². The van der Waals surface area contributed by atoms with Crippen LogP contribution in [0.5, 0.6) is 0 Å². The second kappa shape index (κ2) is 10.1. The lowest BCUT2D eigenvalue weighted by Crippen LogP contribution is -2.47. The molecule has 1 saturated heterocycles. The maximum absolute atomic E-state index is 13.2. The molecule has 0 saturated carbocycles. The van der Waals surface area contributed by atoms with Crippen LogP contribution in [0.4, 0.5) is 0 Å². The van der Waals surface area contributed by atoms with Gasteiger partial charge < -0.3 is 14.5 Å². The largest absolute Gasteiger partial charge is 0.460 e. The van der Waals surface area contributed by atoms with Gasteiger partial charge in [-0.3, -0.25) is 9.69 Å². The molecular formula is C27H28N4O3. The molecule has 0 aliphatic carbocycles. The highest BCUT2D eigenvalue weighted by Gasteiger charge is 2.24. The summed E-state index contributed by atoms with van der Waals surface area (Å²) in [7, 11) is 0. The number of morpholine rings is 1. The van der Waals surface area contributed by atoms with E-state index in [-0.39, 0.29) is 12.0 Å². The molecule has 5 rings (SSSR count). The third-order valence-electron chi connectivity index (χ3n) is 5.92. The molecule has 2 aromatic heterocycles. The van der Waals surface area contributed by atoms with Gasteiger partial charge >= 0.3 is 0 Å². The summed E-state index contributed by atoms with van der Waals surface area (Å²) in [6.07, 6.45) is 1.68. The molecule has 4 aromatic rings. The molecule has 174 valence electrons. The van der Waals surface area contributed by atoms with Crippen LogP contribution >= 0.6 is 0 Å².